The number of carbonyl (C=O) groups is 1. The van der Waals surface area contributed by atoms with Crippen molar-refractivity contribution < 1.29 is 4.79 Å². The lowest BCUT2D eigenvalue weighted by Crippen LogP contribution is -2.49. The molecule has 0 bridgehead atoms. The maximum atomic E-state index is 12.8. The highest BCUT2D eigenvalue weighted by atomic mass is 32.2. The Bertz CT molecular complexity index is 1010. The van der Waals surface area contributed by atoms with Gasteiger partial charge in [-0.2, -0.15) is 0 Å². The summed E-state index contributed by atoms with van der Waals surface area (Å²) in [5, 5.41) is 1.06. The average molecular weight is 412 g/mol. The van der Waals surface area contributed by atoms with Gasteiger partial charge in [0.05, 0.1) is 16.6 Å². The van der Waals surface area contributed by atoms with E-state index in [0.717, 1.165) is 42.4 Å². The van der Waals surface area contributed by atoms with E-state index >= 15 is 0 Å². The van der Waals surface area contributed by atoms with Crippen molar-refractivity contribution in [2.45, 2.75) is 25.2 Å². The summed E-state index contributed by atoms with van der Waals surface area (Å²) in [7, 11) is 0. The average Bonchev–Trinajstić information content (AvgIpc) is 3.14. The van der Waals surface area contributed by atoms with Crippen molar-refractivity contribution in [1.82, 2.24) is 9.88 Å². The van der Waals surface area contributed by atoms with Crippen LogP contribution in [-0.2, 0) is 11.2 Å². The van der Waals surface area contributed by atoms with Crippen molar-refractivity contribution in [3.63, 3.8) is 0 Å². The van der Waals surface area contributed by atoms with Crippen molar-refractivity contribution in [3.05, 3.63) is 53.1 Å². The molecule has 0 aliphatic carbocycles. The maximum absolute atomic E-state index is 12.8. The van der Waals surface area contributed by atoms with Crippen LogP contribution in [0.4, 0.5) is 5.13 Å². The van der Waals surface area contributed by atoms with E-state index in [1.54, 1.807) is 23.1 Å². The Morgan fingerprint density at radius 2 is 1.89 bits per heavy atom. The highest BCUT2D eigenvalue weighted by molar-refractivity contribution is 7.98. The topological polar surface area (TPSA) is 36.4 Å². The molecule has 2 aromatic carbocycles. The molecule has 4 rings (SSSR count). The van der Waals surface area contributed by atoms with Crippen LogP contribution in [-0.4, -0.2) is 48.2 Å². The summed E-state index contributed by atoms with van der Waals surface area (Å²) in [4.78, 5) is 23.2. The third kappa shape index (κ3) is 4.03. The first kappa shape index (κ1) is 19.3. The van der Waals surface area contributed by atoms with Gasteiger partial charge in [0.25, 0.3) is 0 Å². The lowest BCUT2D eigenvalue weighted by Gasteiger charge is -2.34. The smallest absolute Gasteiger partial charge is 0.227 e. The summed E-state index contributed by atoms with van der Waals surface area (Å²) in [5.41, 5.74) is 4.60. The zero-order valence-electron chi connectivity index (χ0n) is 16.6. The van der Waals surface area contributed by atoms with Gasteiger partial charge >= 0.3 is 0 Å². The molecule has 0 saturated carbocycles. The van der Waals surface area contributed by atoms with Crippen LogP contribution in [0.15, 0.2) is 41.3 Å². The fourth-order valence-electron chi connectivity index (χ4n) is 3.57. The van der Waals surface area contributed by atoms with Gasteiger partial charge in [-0.15, -0.1) is 11.8 Å². The molecule has 1 fully saturated rings. The highest BCUT2D eigenvalue weighted by Crippen LogP contribution is 2.32. The highest BCUT2D eigenvalue weighted by Gasteiger charge is 2.23. The van der Waals surface area contributed by atoms with Gasteiger partial charge in [0.1, 0.15) is 0 Å². The van der Waals surface area contributed by atoms with Gasteiger partial charge < -0.3 is 9.80 Å². The van der Waals surface area contributed by atoms with Crippen molar-refractivity contribution in [2.24, 2.45) is 0 Å². The van der Waals surface area contributed by atoms with Gasteiger partial charge in [-0.25, -0.2) is 4.98 Å². The monoisotopic (exact) mass is 411 g/mol. The molecule has 4 nitrogen and oxygen atoms in total. The van der Waals surface area contributed by atoms with Crippen LogP contribution in [0.5, 0.6) is 0 Å². The number of aryl methyl sites for hydroxylation is 2. The number of hydrogen-bond donors (Lipinski definition) is 0. The minimum Gasteiger partial charge on any atom is -0.345 e. The van der Waals surface area contributed by atoms with Crippen molar-refractivity contribution in [2.75, 3.05) is 37.3 Å². The maximum Gasteiger partial charge on any atom is 0.227 e. The molecule has 0 spiro atoms. The minimum atomic E-state index is 0.224. The number of amides is 1. The molecule has 28 heavy (non-hydrogen) atoms. The second kappa shape index (κ2) is 8.13. The van der Waals surface area contributed by atoms with E-state index in [9.17, 15) is 4.79 Å². The summed E-state index contributed by atoms with van der Waals surface area (Å²) >= 11 is 3.50. The zero-order chi connectivity index (χ0) is 19.7. The van der Waals surface area contributed by atoms with Gasteiger partial charge in [0.2, 0.25) is 5.91 Å². The number of carbonyl (C=O) groups excluding carboxylic acids is 1. The molecule has 0 atom stereocenters. The second-order valence-corrected chi connectivity index (χ2v) is 9.19. The number of aromatic nitrogens is 1. The van der Waals surface area contributed by atoms with Crippen LogP contribution in [0.3, 0.4) is 0 Å². The van der Waals surface area contributed by atoms with Gasteiger partial charge in [-0.3, -0.25) is 4.79 Å². The molecule has 0 unspecified atom stereocenters. The third-order valence-electron chi connectivity index (χ3n) is 5.33. The molecule has 1 amide bonds. The van der Waals surface area contributed by atoms with Gasteiger partial charge in [0, 0.05) is 31.1 Å². The van der Waals surface area contributed by atoms with E-state index < -0.39 is 0 Å². The summed E-state index contributed by atoms with van der Waals surface area (Å²) in [6.07, 6.45) is 2.59. The van der Waals surface area contributed by atoms with Crippen LogP contribution in [0.25, 0.3) is 10.2 Å². The third-order valence-corrected chi connectivity index (χ3v) is 7.14. The molecule has 1 saturated heterocycles. The first-order valence-corrected chi connectivity index (χ1v) is 11.6. The van der Waals surface area contributed by atoms with E-state index in [-0.39, 0.29) is 5.91 Å². The lowest BCUT2D eigenvalue weighted by atomic mass is 10.0. The fraction of sp³-hybridized carbons (Fsp3) is 0.364. The predicted molar refractivity (Wildman–Crippen MR) is 120 cm³/mol. The number of anilines is 1. The predicted octanol–water partition coefficient (Wildman–Crippen LogP) is 4.53. The number of benzene rings is 2. The molecular formula is C22H25N3OS2. The molecule has 146 valence electrons. The number of thiazole rings is 1. The summed E-state index contributed by atoms with van der Waals surface area (Å²) < 4.78 is 1.23. The minimum absolute atomic E-state index is 0.224. The van der Waals surface area contributed by atoms with E-state index in [1.807, 2.05) is 4.90 Å². The van der Waals surface area contributed by atoms with Gasteiger partial charge in [0.15, 0.2) is 5.13 Å². The largest absolute Gasteiger partial charge is 0.345 e. The number of fused-ring (bicyclic) bond motifs is 1. The molecule has 3 aromatic rings. The van der Waals surface area contributed by atoms with Crippen molar-refractivity contribution >= 4 is 44.4 Å². The number of piperazine rings is 1. The standard InChI is InChI=1S/C22H25N3OS2/c1-15-4-5-16(2)17(12-15)13-21(26)24-8-10-25(11-9-24)22-23-19-7-6-18(27-3)14-20(19)28-22/h4-7,12,14H,8-11,13H2,1-3H3. The molecule has 6 heteroatoms. The van der Waals surface area contributed by atoms with Crippen LogP contribution in [0.2, 0.25) is 0 Å². The summed E-state index contributed by atoms with van der Waals surface area (Å²) in [6.45, 7) is 7.36. The first-order valence-electron chi connectivity index (χ1n) is 9.57. The zero-order valence-corrected chi connectivity index (χ0v) is 18.2. The molecule has 1 aliphatic heterocycles. The van der Waals surface area contributed by atoms with Crippen molar-refractivity contribution in [3.8, 4) is 0 Å². The number of thioether (sulfide) groups is 1. The van der Waals surface area contributed by atoms with E-state index in [2.05, 4.69) is 61.4 Å². The quantitative estimate of drug-likeness (QED) is 0.591. The van der Waals surface area contributed by atoms with E-state index in [4.69, 9.17) is 4.98 Å². The van der Waals surface area contributed by atoms with Crippen molar-refractivity contribution in [1.29, 1.82) is 0 Å². The summed E-state index contributed by atoms with van der Waals surface area (Å²) in [5.74, 6) is 0.224. The molecule has 0 N–H and O–H groups in total. The van der Waals surface area contributed by atoms with E-state index in [1.165, 1.54) is 20.7 Å². The molecule has 0 radical (unpaired) electrons. The Labute approximate surface area is 174 Å². The normalized spacial score (nSPS) is 14.7. The fourth-order valence-corrected chi connectivity index (χ4v) is 5.14. The number of hydrogen-bond acceptors (Lipinski definition) is 5. The second-order valence-electron chi connectivity index (χ2n) is 7.30. The van der Waals surface area contributed by atoms with E-state index in [0.29, 0.717) is 6.42 Å². The van der Waals surface area contributed by atoms with Gasteiger partial charge in [-0.05, 0) is 49.4 Å². The molecular weight excluding hydrogens is 386 g/mol. The molecule has 2 heterocycles. The number of rotatable bonds is 4. The Balaban J connectivity index is 1.40. The van der Waals surface area contributed by atoms with Crippen LogP contribution in [0.1, 0.15) is 16.7 Å². The Kier molecular flexibility index (Phi) is 5.60. The number of nitrogens with zero attached hydrogens (tertiary/aromatic N) is 3. The summed E-state index contributed by atoms with van der Waals surface area (Å²) in [6, 6.07) is 12.8. The van der Waals surface area contributed by atoms with Crippen LogP contribution >= 0.6 is 23.1 Å². The van der Waals surface area contributed by atoms with Gasteiger partial charge in [-0.1, -0.05) is 35.1 Å². The Hall–Kier alpha value is -2.05. The molecule has 1 aromatic heterocycles. The SMILES string of the molecule is CSc1ccc2nc(N3CCN(C(=O)Cc4cc(C)ccc4C)CC3)sc2c1. The van der Waals surface area contributed by atoms with Crippen LogP contribution < -0.4 is 4.90 Å². The molecule has 1 aliphatic rings. The lowest BCUT2D eigenvalue weighted by molar-refractivity contribution is -0.130. The van der Waals surface area contributed by atoms with Crippen LogP contribution in [0, 0.1) is 13.8 Å². The first-order chi connectivity index (χ1) is 13.5. The Morgan fingerprint density at radius 1 is 1.11 bits per heavy atom. The Morgan fingerprint density at radius 3 is 2.64 bits per heavy atom.